The van der Waals surface area contributed by atoms with Crippen LogP contribution in [0.15, 0.2) is 48.5 Å². The Balaban J connectivity index is 0.000000568. The molecular weight excluding hydrogens is 391 g/mol. The van der Waals surface area contributed by atoms with Crippen molar-refractivity contribution in [2.45, 2.75) is 13.1 Å². The summed E-state index contributed by atoms with van der Waals surface area (Å²) in [5.74, 6) is -4.02. The first kappa shape index (κ1) is 23.1. The Morgan fingerprint density at radius 3 is 2.29 bits per heavy atom. The number of carboxylic acids is 2. The van der Waals surface area contributed by atoms with E-state index in [9.17, 15) is 9.18 Å². The molecule has 0 unspecified atom stereocenters. The van der Waals surface area contributed by atoms with Crippen LogP contribution in [0.1, 0.15) is 11.1 Å². The number of amides is 1. The van der Waals surface area contributed by atoms with Crippen molar-refractivity contribution in [3.63, 3.8) is 0 Å². The number of halogens is 2. The average Bonchev–Trinajstić information content (AvgIpc) is 2.61. The zero-order valence-electron chi connectivity index (χ0n) is 15.1. The van der Waals surface area contributed by atoms with Gasteiger partial charge in [-0.05, 0) is 36.4 Å². The predicted molar refractivity (Wildman–Crippen MR) is 101 cm³/mol. The largest absolute Gasteiger partial charge is 0.473 e. The van der Waals surface area contributed by atoms with Crippen molar-refractivity contribution in [1.82, 2.24) is 10.2 Å². The van der Waals surface area contributed by atoms with Gasteiger partial charge in [0.2, 0.25) is 5.91 Å². The minimum absolute atomic E-state index is 0.0983. The molecule has 0 aliphatic heterocycles. The molecular formula is C19H20ClFN2O5. The molecule has 0 radical (unpaired) electrons. The molecule has 0 saturated carbocycles. The van der Waals surface area contributed by atoms with Gasteiger partial charge in [0.1, 0.15) is 5.82 Å². The molecule has 7 nitrogen and oxygen atoms in total. The third kappa shape index (κ3) is 9.11. The van der Waals surface area contributed by atoms with E-state index in [1.54, 1.807) is 12.1 Å². The summed E-state index contributed by atoms with van der Waals surface area (Å²) in [5.41, 5.74) is 1.71. The molecule has 150 valence electrons. The van der Waals surface area contributed by atoms with E-state index in [4.69, 9.17) is 31.4 Å². The van der Waals surface area contributed by atoms with Crippen LogP contribution in [0, 0.1) is 5.82 Å². The zero-order chi connectivity index (χ0) is 21.1. The van der Waals surface area contributed by atoms with Gasteiger partial charge in [0.25, 0.3) is 0 Å². The number of aliphatic carboxylic acids is 2. The molecule has 0 aliphatic rings. The molecule has 3 N–H and O–H groups in total. The Kier molecular flexibility index (Phi) is 9.63. The number of carbonyl (C=O) groups excluding carboxylic acids is 1. The van der Waals surface area contributed by atoms with Gasteiger partial charge in [0.15, 0.2) is 0 Å². The highest BCUT2D eigenvalue weighted by Gasteiger charge is 2.08. The summed E-state index contributed by atoms with van der Waals surface area (Å²) in [6, 6.07) is 13.8. The second-order valence-electron chi connectivity index (χ2n) is 5.78. The standard InChI is InChI=1S/C17H18ClFN2O.C2H2O4/c1-21(11-13-5-4-7-15(19)9-13)12-17(22)20-10-14-6-2-3-8-16(14)18;3-1(4)2(5)6/h2-9H,10-12H2,1H3,(H,20,22);(H,3,4)(H,5,6). The summed E-state index contributed by atoms with van der Waals surface area (Å²) in [6.45, 7) is 1.14. The van der Waals surface area contributed by atoms with Crippen molar-refractivity contribution >= 4 is 29.4 Å². The normalized spacial score (nSPS) is 10.0. The van der Waals surface area contributed by atoms with Crippen molar-refractivity contribution in [2.24, 2.45) is 0 Å². The van der Waals surface area contributed by atoms with Gasteiger partial charge in [-0.2, -0.15) is 0 Å². The molecule has 0 aliphatic carbocycles. The lowest BCUT2D eigenvalue weighted by atomic mass is 10.2. The first-order valence-electron chi connectivity index (χ1n) is 8.08. The Hall–Kier alpha value is -2.97. The smallest absolute Gasteiger partial charge is 0.414 e. The van der Waals surface area contributed by atoms with E-state index in [1.807, 2.05) is 36.2 Å². The highest BCUT2D eigenvalue weighted by Crippen LogP contribution is 2.14. The fourth-order valence-electron chi connectivity index (χ4n) is 2.14. The molecule has 2 rings (SSSR count). The Labute approximate surface area is 166 Å². The van der Waals surface area contributed by atoms with E-state index in [0.717, 1.165) is 11.1 Å². The molecule has 2 aromatic rings. The fraction of sp³-hybridized carbons (Fsp3) is 0.211. The van der Waals surface area contributed by atoms with E-state index in [-0.39, 0.29) is 18.3 Å². The number of rotatable bonds is 6. The maximum Gasteiger partial charge on any atom is 0.414 e. The Morgan fingerprint density at radius 1 is 1.07 bits per heavy atom. The monoisotopic (exact) mass is 410 g/mol. The van der Waals surface area contributed by atoms with Gasteiger partial charge in [0.05, 0.1) is 6.54 Å². The molecule has 9 heteroatoms. The number of nitrogens with one attached hydrogen (secondary N) is 1. The third-order valence-corrected chi connectivity index (χ3v) is 3.74. The number of likely N-dealkylation sites (N-methyl/N-ethyl adjacent to an activating group) is 1. The lowest BCUT2D eigenvalue weighted by Crippen LogP contribution is -2.34. The summed E-state index contributed by atoms with van der Waals surface area (Å²) < 4.78 is 13.1. The summed E-state index contributed by atoms with van der Waals surface area (Å²) >= 11 is 6.04. The minimum atomic E-state index is -1.82. The molecule has 2 aromatic carbocycles. The third-order valence-electron chi connectivity index (χ3n) is 3.37. The van der Waals surface area contributed by atoms with Gasteiger partial charge < -0.3 is 15.5 Å². The fourth-order valence-corrected chi connectivity index (χ4v) is 2.34. The second kappa shape index (κ2) is 11.7. The Morgan fingerprint density at radius 2 is 1.71 bits per heavy atom. The van der Waals surface area contributed by atoms with Crippen LogP contribution in [0.2, 0.25) is 5.02 Å². The number of hydrogen-bond donors (Lipinski definition) is 3. The lowest BCUT2D eigenvalue weighted by molar-refractivity contribution is -0.159. The van der Waals surface area contributed by atoms with Gasteiger partial charge >= 0.3 is 11.9 Å². The van der Waals surface area contributed by atoms with Crippen LogP contribution in [0.5, 0.6) is 0 Å². The highest BCUT2D eigenvalue weighted by molar-refractivity contribution is 6.31. The highest BCUT2D eigenvalue weighted by atomic mass is 35.5. The van der Waals surface area contributed by atoms with Gasteiger partial charge in [0, 0.05) is 18.1 Å². The maximum absolute atomic E-state index is 13.1. The van der Waals surface area contributed by atoms with Gasteiger partial charge in [-0.1, -0.05) is 41.9 Å². The number of carboxylic acid groups (broad SMARTS) is 2. The van der Waals surface area contributed by atoms with E-state index in [2.05, 4.69) is 5.32 Å². The minimum Gasteiger partial charge on any atom is -0.473 e. The van der Waals surface area contributed by atoms with Crippen molar-refractivity contribution in [1.29, 1.82) is 0 Å². The molecule has 0 aromatic heterocycles. The SMILES string of the molecule is CN(CC(=O)NCc1ccccc1Cl)Cc1cccc(F)c1.O=C(O)C(=O)O. The van der Waals surface area contributed by atoms with Crippen LogP contribution in [-0.2, 0) is 27.5 Å². The summed E-state index contributed by atoms with van der Waals surface area (Å²) in [7, 11) is 1.82. The van der Waals surface area contributed by atoms with E-state index < -0.39 is 11.9 Å². The van der Waals surface area contributed by atoms with Crippen molar-refractivity contribution < 1.29 is 29.0 Å². The Bertz CT molecular complexity index is 819. The van der Waals surface area contributed by atoms with E-state index >= 15 is 0 Å². The van der Waals surface area contributed by atoms with Gasteiger partial charge in [-0.15, -0.1) is 0 Å². The average molecular weight is 411 g/mol. The molecule has 1 amide bonds. The molecule has 0 saturated heterocycles. The quantitative estimate of drug-likeness (QED) is 0.631. The van der Waals surface area contributed by atoms with Crippen LogP contribution in [0.25, 0.3) is 0 Å². The summed E-state index contributed by atoms with van der Waals surface area (Å²) in [5, 5.41) is 18.2. The predicted octanol–water partition coefficient (Wildman–Crippen LogP) is 2.38. The van der Waals surface area contributed by atoms with Crippen LogP contribution in [-0.4, -0.2) is 46.6 Å². The number of nitrogens with zero attached hydrogens (tertiary/aromatic N) is 1. The molecule has 0 fully saturated rings. The summed E-state index contributed by atoms with van der Waals surface area (Å²) in [4.78, 5) is 32.0. The van der Waals surface area contributed by atoms with E-state index in [0.29, 0.717) is 18.1 Å². The second-order valence-corrected chi connectivity index (χ2v) is 6.19. The first-order chi connectivity index (χ1) is 13.2. The molecule has 0 spiro atoms. The van der Waals surface area contributed by atoms with E-state index in [1.165, 1.54) is 12.1 Å². The van der Waals surface area contributed by atoms with Crippen LogP contribution < -0.4 is 5.32 Å². The van der Waals surface area contributed by atoms with Crippen LogP contribution in [0.3, 0.4) is 0 Å². The van der Waals surface area contributed by atoms with Gasteiger partial charge in [-0.3, -0.25) is 9.69 Å². The van der Waals surface area contributed by atoms with Crippen LogP contribution in [0.4, 0.5) is 4.39 Å². The van der Waals surface area contributed by atoms with Crippen molar-refractivity contribution in [3.8, 4) is 0 Å². The number of benzene rings is 2. The van der Waals surface area contributed by atoms with Gasteiger partial charge in [-0.25, -0.2) is 14.0 Å². The van der Waals surface area contributed by atoms with Crippen LogP contribution >= 0.6 is 11.6 Å². The zero-order valence-corrected chi connectivity index (χ0v) is 15.8. The topological polar surface area (TPSA) is 107 Å². The number of carbonyl (C=O) groups is 3. The summed E-state index contributed by atoms with van der Waals surface area (Å²) in [6.07, 6.45) is 0. The lowest BCUT2D eigenvalue weighted by Gasteiger charge is -2.16. The molecule has 0 atom stereocenters. The molecule has 0 bridgehead atoms. The van der Waals surface area contributed by atoms with Crippen molar-refractivity contribution in [3.05, 3.63) is 70.5 Å². The first-order valence-corrected chi connectivity index (χ1v) is 8.46. The molecule has 28 heavy (non-hydrogen) atoms. The molecule has 0 heterocycles. The number of hydrogen-bond acceptors (Lipinski definition) is 4. The van der Waals surface area contributed by atoms with Crippen molar-refractivity contribution in [2.75, 3.05) is 13.6 Å². The maximum atomic E-state index is 13.1.